The molecular weight excluding hydrogens is 168 g/mol. The minimum atomic E-state index is 0.668. The first-order valence-corrected chi connectivity index (χ1v) is 4.81. The van der Waals surface area contributed by atoms with Crippen molar-refractivity contribution in [1.29, 1.82) is 0 Å². The van der Waals surface area contributed by atoms with Crippen LogP contribution in [0.3, 0.4) is 0 Å². The molecule has 0 atom stereocenters. The van der Waals surface area contributed by atoms with E-state index in [0.717, 1.165) is 17.7 Å². The van der Waals surface area contributed by atoms with E-state index in [1.54, 1.807) is 16.8 Å². The third-order valence-corrected chi connectivity index (χ3v) is 2.82. The summed E-state index contributed by atoms with van der Waals surface area (Å²) in [6.07, 6.45) is 8.57. The Morgan fingerprint density at radius 1 is 1.50 bits per heavy atom. The van der Waals surface area contributed by atoms with E-state index in [1.807, 2.05) is 0 Å². The topological polar surface area (TPSA) is 38.9 Å². The van der Waals surface area contributed by atoms with Crippen LogP contribution in [-0.2, 0) is 0 Å². The van der Waals surface area contributed by atoms with E-state index in [4.69, 9.17) is 5.73 Å². The molecule has 1 aliphatic rings. The van der Waals surface area contributed by atoms with Crippen LogP contribution in [0.2, 0.25) is 0 Å². The van der Waals surface area contributed by atoms with E-state index in [1.165, 1.54) is 5.57 Å². The molecular formula is C9H10N2S. The van der Waals surface area contributed by atoms with Crippen LogP contribution in [0.5, 0.6) is 0 Å². The molecule has 2 rings (SSSR count). The molecule has 0 amide bonds. The Labute approximate surface area is 75.4 Å². The van der Waals surface area contributed by atoms with Crippen LogP contribution in [0.4, 0.5) is 5.82 Å². The zero-order valence-corrected chi connectivity index (χ0v) is 7.47. The summed E-state index contributed by atoms with van der Waals surface area (Å²) < 4.78 is 0. The highest BCUT2D eigenvalue weighted by atomic mass is 32.1. The number of hydrogen-bond acceptors (Lipinski definition) is 3. The van der Waals surface area contributed by atoms with Crippen molar-refractivity contribution in [3.8, 4) is 0 Å². The molecule has 3 heteroatoms. The molecule has 2 N–H and O–H groups in total. The van der Waals surface area contributed by atoms with Gasteiger partial charge in [-0.3, -0.25) is 0 Å². The molecule has 12 heavy (non-hydrogen) atoms. The summed E-state index contributed by atoms with van der Waals surface area (Å²) in [5.74, 6) is 0.668. The average Bonchev–Trinajstić information content (AvgIpc) is 2.53. The van der Waals surface area contributed by atoms with Crippen LogP contribution in [0.1, 0.15) is 17.7 Å². The molecule has 0 aromatic carbocycles. The van der Waals surface area contributed by atoms with Crippen LogP contribution < -0.4 is 5.73 Å². The number of nitrogens with zero attached hydrogens (tertiary/aromatic N) is 1. The molecule has 0 unspecified atom stereocenters. The number of allylic oxidation sites excluding steroid dienone is 4. The fourth-order valence-corrected chi connectivity index (χ4v) is 2.05. The van der Waals surface area contributed by atoms with Crippen LogP contribution in [0, 0.1) is 0 Å². The van der Waals surface area contributed by atoms with Crippen LogP contribution in [0.15, 0.2) is 23.7 Å². The summed E-state index contributed by atoms with van der Waals surface area (Å²) >= 11 is 1.62. The highest BCUT2D eigenvalue weighted by Gasteiger charge is 2.08. The van der Waals surface area contributed by atoms with E-state index < -0.39 is 0 Å². The minimum absolute atomic E-state index is 0.668. The summed E-state index contributed by atoms with van der Waals surface area (Å²) in [7, 11) is 0. The van der Waals surface area contributed by atoms with E-state index in [2.05, 4.69) is 23.2 Å². The van der Waals surface area contributed by atoms with Crippen LogP contribution in [-0.4, -0.2) is 4.98 Å². The van der Waals surface area contributed by atoms with E-state index >= 15 is 0 Å². The summed E-state index contributed by atoms with van der Waals surface area (Å²) in [5, 5.41) is 0. The van der Waals surface area contributed by atoms with Crippen molar-refractivity contribution in [2.75, 3.05) is 5.73 Å². The Bertz CT molecular complexity index is 336. The highest BCUT2D eigenvalue weighted by Crippen LogP contribution is 2.30. The van der Waals surface area contributed by atoms with Crippen molar-refractivity contribution in [2.45, 2.75) is 12.8 Å². The zero-order chi connectivity index (χ0) is 8.39. The number of anilines is 1. The molecule has 0 saturated carbocycles. The lowest BCUT2D eigenvalue weighted by Gasteiger charge is -2.06. The summed E-state index contributed by atoms with van der Waals surface area (Å²) in [6.45, 7) is 0. The quantitative estimate of drug-likeness (QED) is 0.717. The smallest absolute Gasteiger partial charge is 0.142 e. The third kappa shape index (κ3) is 1.28. The van der Waals surface area contributed by atoms with Gasteiger partial charge in [-0.1, -0.05) is 18.2 Å². The molecule has 1 aliphatic carbocycles. The Hall–Kier alpha value is -1.09. The van der Waals surface area contributed by atoms with E-state index in [-0.39, 0.29) is 0 Å². The number of rotatable bonds is 1. The summed E-state index contributed by atoms with van der Waals surface area (Å²) in [6, 6.07) is 0. The van der Waals surface area contributed by atoms with E-state index in [0.29, 0.717) is 5.82 Å². The van der Waals surface area contributed by atoms with Crippen LogP contribution >= 0.6 is 11.3 Å². The number of nitrogens with two attached hydrogens (primary N) is 1. The second-order valence-electron chi connectivity index (χ2n) is 2.73. The lowest BCUT2D eigenvalue weighted by molar-refractivity contribution is 1.06. The maximum Gasteiger partial charge on any atom is 0.142 e. The lowest BCUT2D eigenvalue weighted by Crippen LogP contribution is -1.91. The van der Waals surface area contributed by atoms with Gasteiger partial charge in [0.15, 0.2) is 0 Å². The first-order valence-electron chi connectivity index (χ1n) is 3.93. The second-order valence-corrected chi connectivity index (χ2v) is 3.58. The van der Waals surface area contributed by atoms with Crippen molar-refractivity contribution in [1.82, 2.24) is 4.98 Å². The third-order valence-electron chi connectivity index (χ3n) is 1.90. The summed E-state index contributed by atoms with van der Waals surface area (Å²) in [5.41, 5.74) is 8.82. The number of nitrogen functional groups attached to an aromatic ring is 1. The van der Waals surface area contributed by atoms with Crippen molar-refractivity contribution in [2.24, 2.45) is 0 Å². The Balaban J connectivity index is 2.36. The predicted molar refractivity (Wildman–Crippen MR) is 52.9 cm³/mol. The molecule has 0 radical (unpaired) electrons. The monoisotopic (exact) mass is 178 g/mol. The van der Waals surface area contributed by atoms with Crippen molar-refractivity contribution >= 4 is 22.7 Å². The van der Waals surface area contributed by atoms with Gasteiger partial charge in [0.25, 0.3) is 0 Å². The molecule has 0 fully saturated rings. The fourth-order valence-electron chi connectivity index (χ4n) is 1.29. The van der Waals surface area contributed by atoms with Crippen molar-refractivity contribution in [3.63, 3.8) is 0 Å². The molecule has 1 aromatic rings. The maximum absolute atomic E-state index is 5.71. The largest absolute Gasteiger partial charge is 0.382 e. The normalized spacial score (nSPS) is 16.2. The number of aromatic nitrogens is 1. The molecule has 0 saturated heterocycles. The molecule has 0 bridgehead atoms. The predicted octanol–water partition coefficient (Wildman–Crippen LogP) is 2.46. The molecule has 62 valence electrons. The second kappa shape index (κ2) is 3.11. The molecule has 0 aliphatic heterocycles. The van der Waals surface area contributed by atoms with Gasteiger partial charge in [0.05, 0.1) is 10.4 Å². The van der Waals surface area contributed by atoms with Crippen LogP contribution in [0.25, 0.3) is 5.57 Å². The maximum atomic E-state index is 5.71. The van der Waals surface area contributed by atoms with Gasteiger partial charge in [-0.2, -0.15) is 0 Å². The fraction of sp³-hybridized carbons (Fsp3) is 0.222. The zero-order valence-electron chi connectivity index (χ0n) is 6.66. The van der Waals surface area contributed by atoms with Gasteiger partial charge < -0.3 is 5.73 Å². The Morgan fingerprint density at radius 2 is 2.42 bits per heavy atom. The summed E-state index contributed by atoms with van der Waals surface area (Å²) in [4.78, 5) is 5.16. The first kappa shape index (κ1) is 7.55. The highest BCUT2D eigenvalue weighted by molar-refractivity contribution is 7.11. The van der Waals surface area contributed by atoms with Crippen molar-refractivity contribution in [3.05, 3.63) is 28.6 Å². The van der Waals surface area contributed by atoms with Gasteiger partial charge in [-0.05, 0) is 18.4 Å². The molecule has 2 nitrogen and oxygen atoms in total. The van der Waals surface area contributed by atoms with Gasteiger partial charge in [-0.15, -0.1) is 11.3 Å². The molecule has 0 spiro atoms. The number of thiazole rings is 1. The average molecular weight is 178 g/mol. The SMILES string of the molecule is Nc1ncsc1C1=CC=CCC1. The minimum Gasteiger partial charge on any atom is -0.382 e. The van der Waals surface area contributed by atoms with Gasteiger partial charge in [-0.25, -0.2) is 4.98 Å². The van der Waals surface area contributed by atoms with Gasteiger partial charge in [0.1, 0.15) is 5.82 Å². The lowest BCUT2D eigenvalue weighted by atomic mass is 10.0. The first-order chi connectivity index (χ1) is 5.88. The standard InChI is InChI=1S/C9H10N2S/c10-9-8(12-6-11-9)7-4-2-1-3-5-7/h1-2,4,6H,3,5,10H2. The molecule has 1 aromatic heterocycles. The molecule has 1 heterocycles. The Morgan fingerprint density at radius 3 is 3.00 bits per heavy atom. The van der Waals surface area contributed by atoms with Gasteiger partial charge in [0.2, 0.25) is 0 Å². The Kier molecular flexibility index (Phi) is 1.96. The van der Waals surface area contributed by atoms with E-state index in [9.17, 15) is 0 Å². The number of hydrogen-bond donors (Lipinski definition) is 1. The van der Waals surface area contributed by atoms with Gasteiger partial charge >= 0.3 is 0 Å². The van der Waals surface area contributed by atoms with Crippen molar-refractivity contribution < 1.29 is 0 Å². The van der Waals surface area contributed by atoms with Gasteiger partial charge in [0, 0.05) is 0 Å².